The minimum absolute atomic E-state index is 0.00933. The third-order valence-electron chi connectivity index (χ3n) is 4.53. The first-order chi connectivity index (χ1) is 15.6. The summed E-state index contributed by atoms with van der Waals surface area (Å²) in [4.78, 5) is 11.9. The van der Waals surface area contributed by atoms with E-state index in [1.54, 1.807) is 12.1 Å². The standard InChI is InChI=1S/C22H21NO8S2/c1-15-4-9-19(10-5-15)33(27,28)31-16-6-11-18(12-7-16)32(25,26)23-21-13-8-17(29-2)14-20(21)22(24)30-3/h4-14,23H,1-3H3. The molecule has 3 rings (SSSR count). The highest BCUT2D eigenvalue weighted by Gasteiger charge is 2.21. The van der Waals surface area contributed by atoms with Gasteiger partial charge in [0.05, 0.1) is 30.4 Å². The van der Waals surface area contributed by atoms with E-state index < -0.39 is 26.1 Å². The van der Waals surface area contributed by atoms with Crippen molar-refractivity contribution in [3.63, 3.8) is 0 Å². The summed E-state index contributed by atoms with van der Waals surface area (Å²) in [6.07, 6.45) is 0. The fraction of sp³-hybridized carbons (Fsp3) is 0.136. The molecule has 3 aromatic carbocycles. The average Bonchev–Trinajstić information content (AvgIpc) is 2.79. The molecule has 0 saturated carbocycles. The van der Waals surface area contributed by atoms with Gasteiger partial charge in [0.2, 0.25) is 0 Å². The van der Waals surface area contributed by atoms with Crippen molar-refractivity contribution < 1.29 is 35.3 Å². The summed E-state index contributed by atoms with van der Waals surface area (Å²) in [7, 11) is -5.62. The van der Waals surface area contributed by atoms with E-state index in [0.29, 0.717) is 5.75 Å². The second-order valence-corrected chi connectivity index (χ2v) is 10.1. The van der Waals surface area contributed by atoms with Gasteiger partial charge in [-0.05, 0) is 61.5 Å². The van der Waals surface area contributed by atoms with Gasteiger partial charge in [0.1, 0.15) is 16.4 Å². The number of benzene rings is 3. The lowest BCUT2D eigenvalue weighted by molar-refractivity contribution is 0.0601. The molecular formula is C22H21NO8S2. The smallest absolute Gasteiger partial charge is 0.340 e. The van der Waals surface area contributed by atoms with Crippen LogP contribution in [0.5, 0.6) is 11.5 Å². The van der Waals surface area contributed by atoms with E-state index in [-0.39, 0.29) is 26.8 Å². The van der Waals surface area contributed by atoms with Crippen LogP contribution in [-0.4, -0.2) is 37.0 Å². The van der Waals surface area contributed by atoms with Crippen molar-refractivity contribution in [3.8, 4) is 11.5 Å². The number of rotatable bonds is 8. The monoisotopic (exact) mass is 491 g/mol. The number of methoxy groups -OCH3 is 2. The van der Waals surface area contributed by atoms with Crippen molar-refractivity contribution in [2.45, 2.75) is 16.7 Å². The third kappa shape index (κ3) is 5.62. The summed E-state index contributed by atoms with van der Waals surface area (Å²) in [5, 5.41) is 0. The van der Waals surface area contributed by atoms with Gasteiger partial charge in [0, 0.05) is 0 Å². The molecule has 3 aromatic rings. The van der Waals surface area contributed by atoms with Gasteiger partial charge in [0.15, 0.2) is 0 Å². The summed E-state index contributed by atoms with van der Waals surface area (Å²) >= 11 is 0. The van der Waals surface area contributed by atoms with Gasteiger partial charge in [-0.25, -0.2) is 13.2 Å². The van der Waals surface area contributed by atoms with Gasteiger partial charge in [-0.1, -0.05) is 17.7 Å². The molecule has 0 aliphatic carbocycles. The molecule has 1 N–H and O–H groups in total. The van der Waals surface area contributed by atoms with E-state index in [4.69, 9.17) is 13.7 Å². The Bertz CT molecular complexity index is 1360. The molecule has 0 aromatic heterocycles. The van der Waals surface area contributed by atoms with Gasteiger partial charge >= 0.3 is 16.1 Å². The lowest BCUT2D eigenvalue weighted by atomic mass is 10.2. The second-order valence-electron chi connectivity index (χ2n) is 6.83. The van der Waals surface area contributed by atoms with Gasteiger partial charge in [-0.2, -0.15) is 8.42 Å². The fourth-order valence-electron chi connectivity index (χ4n) is 2.78. The molecule has 174 valence electrons. The maximum atomic E-state index is 12.8. The van der Waals surface area contributed by atoms with Crippen LogP contribution in [0.4, 0.5) is 5.69 Å². The first kappa shape index (κ1) is 24.1. The zero-order valence-corrected chi connectivity index (χ0v) is 19.6. The van der Waals surface area contributed by atoms with E-state index in [0.717, 1.165) is 5.56 Å². The maximum Gasteiger partial charge on any atom is 0.340 e. The van der Waals surface area contributed by atoms with E-state index in [1.807, 2.05) is 6.92 Å². The highest BCUT2D eigenvalue weighted by Crippen LogP contribution is 2.27. The number of nitrogens with one attached hydrogen (secondary N) is 1. The second kappa shape index (κ2) is 9.51. The van der Waals surface area contributed by atoms with Crippen LogP contribution in [0, 0.1) is 6.92 Å². The minimum atomic E-state index is -4.12. The fourth-order valence-corrected chi connectivity index (χ4v) is 4.79. The van der Waals surface area contributed by atoms with Crippen molar-refractivity contribution in [3.05, 3.63) is 77.9 Å². The SMILES string of the molecule is COC(=O)c1cc(OC)ccc1NS(=O)(=O)c1ccc(OS(=O)(=O)c2ccc(C)cc2)cc1. The predicted molar refractivity (Wildman–Crippen MR) is 121 cm³/mol. The molecule has 33 heavy (non-hydrogen) atoms. The number of esters is 1. The molecule has 0 aliphatic heterocycles. The van der Waals surface area contributed by atoms with Gasteiger partial charge in [0.25, 0.3) is 10.0 Å². The number of hydrogen-bond donors (Lipinski definition) is 1. The lowest BCUT2D eigenvalue weighted by Crippen LogP contribution is -2.16. The molecule has 0 aliphatic rings. The largest absolute Gasteiger partial charge is 0.497 e. The van der Waals surface area contributed by atoms with Crippen LogP contribution in [-0.2, 0) is 24.9 Å². The summed E-state index contributed by atoms with van der Waals surface area (Å²) in [5.41, 5.74) is 0.845. The van der Waals surface area contributed by atoms with Crippen molar-refractivity contribution in [1.82, 2.24) is 0 Å². The Kier molecular flexibility index (Phi) is 6.94. The van der Waals surface area contributed by atoms with Crippen LogP contribution in [0.25, 0.3) is 0 Å². The van der Waals surface area contributed by atoms with E-state index in [2.05, 4.69) is 4.72 Å². The van der Waals surface area contributed by atoms with Crippen molar-refractivity contribution >= 4 is 31.8 Å². The predicted octanol–water partition coefficient (Wildman–Crippen LogP) is 3.36. The minimum Gasteiger partial charge on any atom is -0.497 e. The number of sulfonamides is 1. The molecular weight excluding hydrogens is 470 g/mol. The molecule has 0 amide bonds. The molecule has 0 heterocycles. The highest BCUT2D eigenvalue weighted by atomic mass is 32.2. The Morgan fingerprint density at radius 2 is 1.36 bits per heavy atom. The van der Waals surface area contributed by atoms with Crippen molar-refractivity contribution in [2.75, 3.05) is 18.9 Å². The number of ether oxygens (including phenoxy) is 2. The maximum absolute atomic E-state index is 12.8. The number of carbonyl (C=O) groups is 1. The Labute approximate surface area is 192 Å². The molecule has 11 heteroatoms. The van der Waals surface area contributed by atoms with E-state index >= 15 is 0 Å². The molecule has 0 bridgehead atoms. The molecule has 0 radical (unpaired) electrons. The number of carbonyl (C=O) groups excluding carboxylic acids is 1. The Balaban J connectivity index is 1.83. The summed E-state index contributed by atoms with van der Waals surface area (Å²) in [6, 6.07) is 15.1. The van der Waals surface area contributed by atoms with Crippen LogP contribution >= 0.6 is 0 Å². The molecule has 0 spiro atoms. The molecule has 9 nitrogen and oxygen atoms in total. The molecule has 0 unspecified atom stereocenters. The Morgan fingerprint density at radius 1 is 0.788 bits per heavy atom. The van der Waals surface area contributed by atoms with E-state index in [1.165, 1.54) is 68.8 Å². The molecule has 0 atom stereocenters. The number of anilines is 1. The van der Waals surface area contributed by atoms with Crippen LogP contribution in [0.1, 0.15) is 15.9 Å². The highest BCUT2D eigenvalue weighted by molar-refractivity contribution is 7.92. The quantitative estimate of drug-likeness (QED) is 0.376. The van der Waals surface area contributed by atoms with Crippen molar-refractivity contribution in [2.24, 2.45) is 0 Å². The third-order valence-corrected chi connectivity index (χ3v) is 7.17. The summed E-state index contributed by atoms with van der Waals surface area (Å²) in [5.74, 6) is -0.472. The first-order valence-electron chi connectivity index (χ1n) is 9.46. The van der Waals surface area contributed by atoms with Crippen LogP contribution in [0.15, 0.2) is 76.5 Å². The molecule has 0 saturated heterocycles. The van der Waals surface area contributed by atoms with Crippen molar-refractivity contribution in [1.29, 1.82) is 0 Å². The lowest BCUT2D eigenvalue weighted by Gasteiger charge is -2.13. The normalized spacial score (nSPS) is 11.5. The van der Waals surface area contributed by atoms with Crippen LogP contribution < -0.4 is 13.6 Å². The van der Waals surface area contributed by atoms with Crippen LogP contribution in [0.3, 0.4) is 0 Å². The summed E-state index contributed by atoms with van der Waals surface area (Å²) < 4.78 is 67.6. The average molecular weight is 492 g/mol. The zero-order chi connectivity index (χ0) is 24.2. The van der Waals surface area contributed by atoms with Crippen LogP contribution in [0.2, 0.25) is 0 Å². The number of aryl methyl sites for hydroxylation is 1. The summed E-state index contributed by atoms with van der Waals surface area (Å²) in [6.45, 7) is 1.82. The van der Waals surface area contributed by atoms with Gasteiger partial charge in [-0.3, -0.25) is 4.72 Å². The Hall–Kier alpha value is -3.57. The van der Waals surface area contributed by atoms with E-state index in [9.17, 15) is 21.6 Å². The number of hydrogen-bond acceptors (Lipinski definition) is 8. The zero-order valence-electron chi connectivity index (χ0n) is 17.9. The molecule has 0 fully saturated rings. The Morgan fingerprint density at radius 3 is 1.94 bits per heavy atom. The van der Waals surface area contributed by atoms with Gasteiger partial charge in [-0.15, -0.1) is 0 Å². The topological polar surface area (TPSA) is 125 Å². The van der Waals surface area contributed by atoms with Gasteiger partial charge < -0.3 is 13.7 Å². The first-order valence-corrected chi connectivity index (χ1v) is 12.4.